The van der Waals surface area contributed by atoms with E-state index in [0.717, 1.165) is 0 Å². The zero-order chi connectivity index (χ0) is 19.9. The van der Waals surface area contributed by atoms with Crippen LogP contribution < -0.4 is 20.1 Å². The number of anilines is 1. The molecule has 0 atom stereocenters. The van der Waals surface area contributed by atoms with E-state index in [1.54, 1.807) is 54.6 Å². The zero-order valence-corrected chi connectivity index (χ0v) is 15.5. The lowest BCUT2D eigenvalue weighted by Gasteiger charge is -2.14. The van der Waals surface area contributed by atoms with Crippen molar-refractivity contribution in [2.75, 3.05) is 19.5 Å². The van der Waals surface area contributed by atoms with Crippen LogP contribution in [-0.4, -0.2) is 26.0 Å². The van der Waals surface area contributed by atoms with Gasteiger partial charge < -0.3 is 24.5 Å². The Hall–Kier alpha value is -3.74. The molecule has 1 heterocycles. The fraction of sp³-hybridized carbons (Fsp3) is 0.143. The maximum atomic E-state index is 12.8. The summed E-state index contributed by atoms with van der Waals surface area (Å²) in [6.07, 6.45) is 1.54. The molecule has 0 aliphatic rings. The molecule has 0 spiro atoms. The van der Waals surface area contributed by atoms with Gasteiger partial charge in [0, 0.05) is 0 Å². The van der Waals surface area contributed by atoms with Gasteiger partial charge in [-0.15, -0.1) is 0 Å². The number of nitrogens with one attached hydrogen (secondary N) is 2. The summed E-state index contributed by atoms with van der Waals surface area (Å²) in [7, 11) is 2.96. The zero-order valence-electron chi connectivity index (χ0n) is 15.5. The minimum absolute atomic E-state index is 0.248. The molecular weight excluding hydrogens is 360 g/mol. The predicted octanol–water partition coefficient (Wildman–Crippen LogP) is 3.48. The fourth-order valence-electron chi connectivity index (χ4n) is 2.72. The summed E-state index contributed by atoms with van der Waals surface area (Å²) in [5.41, 5.74) is 1.02. The van der Waals surface area contributed by atoms with Gasteiger partial charge in [0.1, 0.15) is 5.76 Å². The Labute approximate surface area is 162 Å². The fourth-order valence-corrected chi connectivity index (χ4v) is 2.72. The number of amides is 2. The number of carbonyl (C=O) groups is 2. The molecule has 144 valence electrons. The Morgan fingerprint density at radius 3 is 2.39 bits per heavy atom. The number of ether oxygens (including phenoxy) is 2. The third-order valence-electron chi connectivity index (χ3n) is 4.07. The quantitative estimate of drug-likeness (QED) is 0.655. The molecule has 2 amide bonds. The van der Waals surface area contributed by atoms with E-state index in [-0.39, 0.29) is 12.5 Å². The lowest BCUT2D eigenvalue weighted by atomic mass is 10.1. The van der Waals surface area contributed by atoms with Crippen molar-refractivity contribution in [3.05, 3.63) is 77.7 Å². The summed E-state index contributed by atoms with van der Waals surface area (Å²) in [6, 6.07) is 15.3. The first-order valence-electron chi connectivity index (χ1n) is 8.56. The Bertz CT molecular complexity index is 967. The molecule has 3 rings (SSSR count). The second-order valence-corrected chi connectivity index (χ2v) is 5.80. The van der Waals surface area contributed by atoms with Crippen molar-refractivity contribution < 1.29 is 23.5 Å². The maximum Gasteiger partial charge on any atom is 0.259 e. The third-order valence-corrected chi connectivity index (χ3v) is 4.07. The number of furan rings is 1. The monoisotopic (exact) mass is 380 g/mol. The van der Waals surface area contributed by atoms with Crippen molar-refractivity contribution in [1.29, 1.82) is 0 Å². The number of benzene rings is 2. The summed E-state index contributed by atoms with van der Waals surface area (Å²) in [5, 5.41) is 5.54. The van der Waals surface area contributed by atoms with Crippen LogP contribution in [0.15, 0.2) is 65.3 Å². The molecule has 0 radical (unpaired) electrons. The first-order valence-corrected chi connectivity index (χ1v) is 8.56. The largest absolute Gasteiger partial charge is 0.493 e. The molecule has 0 aliphatic carbocycles. The van der Waals surface area contributed by atoms with Crippen LogP contribution in [-0.2, 0) is 6.54 Å². The van der Waals surface area contributed by atoms with Gasteiger partial charge in [-0.1, -0.05) is 18.2 Å². The first-order chi connectivity index (χ1) is 13.6. The van der Waals surface area contributed by atoms with Crippen molar-refractivity contribution in [2.45, 2.75) is 6.54 Å². The third kappa shape index (κ3) is 4.15. The standard InChI is InChI=1S/C21H20N2O5/c1-26-18-11-5-9-16(19(18)27-2)21(25)23-17-10-4-3-8-15(17)20(24)22-13-14-7-6-12-28-14/h3-12H,13H2,1-2H3,(H,22,24)(H,23,25). The molecule has 7 heteroatoms. The SMILES string of the molecule is COc1cccc(C(=O)Nc2ccccc2C(=O)NCc2ccco2)c1OC. The highest BCUT2D eigenvalue weighted by atomic mass is 16.5. The summed E-state index contributed by atoms with van der Waals surface area (Å²) >= 11 is 0. The highest BCUT2D eigenvalue weighted by Crippen LogP contribution is 2.31. The molecule has 3 aromatic rings. The van der Waals surface area contributed by atoms with E-state index in [0.29, 0.717) is 34.1 Å². The molecule has 0 bridgehead atoms. The topological polar surface area (TPSA) is 89.8 Å². The first kappa shape index (κ1) is 19.0. The van der Waals surface area contributed by atoms with Crippen molar-refractivity contribution in [3.8, 4) is 11.5 Å². The molecule has 0 saturated carbocycles. The summed E-state index contributed by atoms with van der Waals surface area (Å²) < 4.78 is 15.7. The molecule has 0 unspecified atom stereocenters. The van der Waals surface area contributed by atoms with Crippen molar-refractivity contribution in [1.82, 2.24) is 5.32 Å². The molecule has 0 fully saturated rings. The van der Waals surface area contributed by atoms with Crippen LogP contribution in [0.4, 0.5) is 5.69 Å². The van der Waals surface area contributed by atoms with E-state index in [9.17, 15) is 9.59 Å². The molecule has 1 aromatic heterocycles. The van der Waals surface area contributed by atoms with Crippen molar-refractivity contribution in [2.24, 2.45) is 0 Å². The average molecular weight is 380 g/mol. The van der Waals surface area contributed by atoms with E-state index >= 15 is 0 Å². The van der Waals surface area contributed by atoms with Crippen LogP contribution in [0.2, 0.25) is 0 Å². The van der Waals surface area contributed by atoms with Gasteiger partial charge in [-0.25, -0.2) is 0 Å². The van der Waals surface area contributed by atoms with E-state index in [4.69, 9.17) is 13.9 Å². The minimum atomic E-state index is -0.415. The highest BCUT2D eigenvalue weighted by molar-refractivity contribution is 6.10. The maximum absolute atomic E-state index is 12.8. The number of carbonyl (C=O) groups excluding carboxylic acids is 2. The summed E-state index contributed by atoms with van der Waals surface area (Å²) in [5.74, 6) is 0.657. The van der Waals surface area contributed by atoms with Gasteiger partial charge in [0.2, 0.25) is 0 Å². The Kier molecular flexibility index (Phi) is 5.96. The smallest absolute Gasteiger partial charge is 0.259 e. The van der Waals surface area contributed by atoms with E-state index in [2.05, 4.69) is 10.6 Å². The minimum Gasteiger partial charge on any atom is -0.493 e. The predicted molar refractivity (Wildman–Crippen MR) is 104 cm³/mol. The number of para-hydroxylation sites is 2. The van der Waals surface area contributed by atoms with Gasteiger partial charge in [-0.05, 0) is 36.4 Å². The van der Waals surface area contributed by atoms with Crippen LogP contribution in [0.3, 0.4) is 0 Å². The average Bonchev–Trinajstić information content (AvgIpc) is 3.25. The van der Waals surface area contributed by atoms with Gasteiger partial charge in [-0.2, -0.15) is 0 Å². The number of rotatable bonds is 7. The second kappa shape index (κ2) is 8.77. The Morgan fingerprint density at radius 1 is 0.893 bits per heavy atom. The summed E-state index contributed by atoms with van der Waals surface area (Å²) in [4.78, 5) is 25.3. The van der Waals surface area contributed by atoms with Crippen LogP contribution >= 0.6 is 0 Å². The van der Waals surface area contributed by atoms with Gasteiger partial charge in [0.25, 0.3) is 11.8 Å². The van der Waals surface area contributed by atoms with Crippen molar-refractivity contribution >= 4 is 17.5 Å². The number of methoxy groups -OCH3 is 2. The lowest BCUT2D eigenvalue weighted by molar-refractivity contribution is 0.0949. The summed E-state index contributed by atoms with van der Waals surface area (Å²) in [6.45, 7) is 0.248. The van der Waals surface area contributed by atoms with E-state index < -0.39 is 5.91 Å². The Morgan fingerprint density at radius 2 is 1.68 bits per heavy atom. The van der Waals surface area contributed by atoms with Crippen LogP contribution in [0.1, 0.15) is 26.5 Å². The number of hydrogen-bond donors (Lipinski definition) is 2. The van der Waals surface area contributed by atoms with Crippen molar-refractivity contribution in [3.63, 3.8) is 0 Å². The molecule has 28 heavy (non-hydrogen) atoms. The van der Waals surface area contributed by atoms with Gasteiger partial charge in [-0.3, -0.25) is 9.59 Å². The molecule has 0 aliphatic heterocycles. The molecule has 7 nitrogen and oxygen atoms in total. The lowest BCUT2D eigenvalue weighted by Crippen LogP contribution is -2.24. The van der Waals surface area contributed by atoms with Crippen LogP contribution in [0, 0.1) is 0 Å². The van der Waals surface area contributed by atoms with Gasteiger partial charge in [0.05, 0.1) is 43.8 Å². The normalized spacial score (nSPS) is 10.2. The molecule has 2 N–H and O–H groups in total. The van der Waals surface area contributed by atoms with Gasteiger partial charge >= 0.3 is 0 Å². The number of hydrogen-bond acceptors (Lipinski definition) is 5. The van der Waals surface area contributed by atoms with E-state index in [1.165, 1.54) is 20.5 Å². The molecular formula is C21H20N2O5. The second-order valence-electron chi connectivity index (χ2n) is 5.80. The Balaban J connectivity index is 1.80. The van der Waals surface area contributed by atoms with Gasteiger partial charge in [0.15, 0.2) is 11.5 Å². The molecule has 2 aromatic carbocycles. The van der Waals surface area contributed by atoms with E-state index in [1.807, 2.05) is 0 Å². The van der Waals surface area contributed by atoms with Crippen LogP contribution in [0.25, 0.3) is 0 Å². The molecule has 0 saturated heterocycles. The highest BCUT2D eigenvalue weighted by Gasteiger charge is 2.19. The van der Waals surface area contributed by atoms with Crippen LogP contribution in [0.5, 0.6) is 11.5 Å².